The molecule has 0 unspecified atom stereocenters. The van der Waals surface area contributed by atoms with Crippen molar-refractivity contribution in [2.75, 3.05) is 12.5 Å². The average molecular weight is 411 g/mol. The third-order valence-electron chi connectivity index (χ3n) is 2.72. The van der Waals surface area contributed by atoms with Crippen LogP contribution in [0.15, 0.2) is 26.7 Å². The van der Waals surface area contributed by atoms with E-state index in [0.717, 1.165) is 26.7 Å². The van der Waals surface area contributed by atoms with E-state index >= 15 is 0 Å². The van der Waals surface area contributed by atoms with Gasteiger partial charge < -0.3 is 4.74 Å². The summed E-state index contributed by atoms with van der Waals surface area (Å²) in [4.78, 5) is 0. The zero-order chi connectivity index (χ0) is 14.4. The fraction of sp³-hybridized carbons (Fsp3) is 0.467. The quantitative estimate of drug-likeness (QED) is 0.502. The van der Waals surface area contributed by atoms with Crippen LogP contribution in [0.1, 0.15) is 32.8 Å². The molecule has 0 heterocycles. The molecule has 0 saturated carbocycles. The minimum atomic E-state index is 0.425. The van der Waals surface area contributed by atoms with E-state index < -0.39 is 0 Å². The lowest BCUT2D eigenvalue weighted by molar-refractivity contribution is 0.315. The molecule has 1 rings (SSSR count). The van der Waals surface area contributed by atoms with Gasteiger partial charge in [-0.1, -0.05) is 48.4 Å². The zero-order valence-electron chi connectivity index (χ0n) is 11.5. The van der Waals surface area contributed by atoms with Crippen LogP contribution in [0.4, 0.5) is 0 Å². The van der Waals surface area contributed by atoms with E-state index in [2.05, 4.69) is 64.8 Å². The number of halogens is 3. The number of rotatable bonds is 6. The highest BCUT2D eigenvalue weighted by molar-refractivity contribution is 9.11. The molecule has 0 spiro atoms. The lowest BCUT2D eigenvalue weighted by Gasteiger charge is -2.14. The van der Waals surface area contributed by atoms with Crippen LogP contribution in [0.3, 0.4) is 0 Å². The second-order valence-electron chi connectivity index (χ2n) is 4.66. The van der Waals surface area contributed by atoms with Crippen LogP contribution in [0.25, 0.3) is 6.08 Å². The van der Waals surface area contributed by atoms with Crippen molar-refractivity contribution in [3.8, 4) is 5.75 Å². The second kappa shape index (κ2) is 8.33. The predicted octanol–water partition coefficient (Wildman–Crippen LogP) is 6.28. The van der Waals surface area contributed by atoms with Gasteiger partial charge in [0.1, 0.15) is 5.75 Å². The average Bonchev–Trinajstić information content (AvgIpc) is 2.34. The number of hydrogen-bond acceptors (Lipinski definition) is 1. The highest BCUT2D eigenvalue weighted by Crippen LogP contribution is 2.35. The molecule has 1 nitrogen and oxygen atoms in total. The first kappa shape index (κ1) is 17.1. The monoisotopic (exact) mass is 408 g/mol. The Labute approximate surface area is 137 Å². The summed E-state index contributed by atoms with van der Waals surface area (Å²) < 4.78 is 7.82. The van der Waals surface area contributed by atoms with Gasteiger partial charge in [0.25, 0.3) is 0 Å². The van der Waals surface area contributed by atoms with Gasteiger partial charge in [0.2, 0.25) is 0 Å². The summed E-state index contributed by atoms with van der Waals surface area (Å²) in [6, 6.07) is 4.06. The molecule has 0 radical (unpaired) electrons. The normalized spacial score (nSPS) is 12.1. The molecule has 0 N–H and O–H groups in total. The van der Waals surface area contributed by atoms with Gasteiger partial charge in [0.05, 0.1) is 11.1 Å². The topological polar surface area (TPSA) is 9.23 Å². The van der Waals surface area contributed by atoms with Gasteiger partial charge in [-0.15, -0.1) is 11.6 Å². The Morgan fingerprint density at radius 3 is 2.58 bits per heavy atom. The minimum absolute atomic E-state index is 0.425. The maximum absolute atomic E-state index is 6.02. The van der Waals surface area contributed by atoms with Crippen LogP contribution < -0.4 is 4.74 Å². The first-order valence-corrected chi connectivity index (χ1v) is 8.49. The molecule has 0 amide bonds. The number of ether oxygens (including phenoxy) is 1. The molecule has 0 fully saturated rings. The van der Waals surface area contributed by atoms with E-state index in [9.17, 15) is 0 Å². The Balaban J connectivity index is 3.23. The SMILES string of the molecule is CCCOc1c(Br)cc(Br)cc1C=C(CCl)C(C)C. The van der Waals surface area contributed by atoms with Crippen LogP contribution in [-0.2, 0) is 0 Å². The van der Waals surface area contributed by atoms with Crippen molar-refractivity contribution >= 4 is 49.5 Å². The van der Waals surface area contributed by atoms with Crippen LogP contribution in [0.5, 0.6) is 5.75 Å². The zero-order valence-corrected chi connectivity index (χ0v) is 15.4. The minimum Gasteiger partial charge on any atom is -0.492 e. The summed E-state index contributed by atoms with van der Waals surface area (Å²) >= 11 is 13.1. The Hall–Kier alpha value is 0.01000. The molecule has 0 aliphatic carbocycles. The third-order valence-corrected chi connectivity index (χ3v) is 4.08. The molecule has 0 atom stereocenters. The summed E-state index contributed by atoms with van der Waals surface area (Å²) in [5.41, 5.74) is 2.26. The predicted molar refractivity (Wildman–Crippen MR) is 91.2 cm³/mol. The summed E-state index contributed by atoms with van der Waals surface area (Å²) in [5, 5.41) is 0. The summed E-state index contributed by atoms with van der Waals surface area (Å²) in [5.74, 6) is 1.84. The molecular formula is C15H19Br2ClO. The van der Waals surface area contributed by atoms with E-state index in [0.29, 0.717) is 18.4 Å². The van der Waals surface area contributed by atoms with Crippen molar-refractivity contribution in [2.45, 2.75) is 27.2 Å². The van der Waals surface area contributed by atoms with E-state index in [4.69, 9.17) is 16.3 Å². The molecule has 0 saturated heterocycles. The molecule has 0 aromatic heterocycles. The summed E-state index contributed by atoms with van der Waals surface area (Å²) in [6.07, 6.45) is 3.11. The lowest BCUT2D eigenvalue weighted by Crippen LogP contribution is -2.00. The van der Waals surface area contributed by atoms with Gasteiger partial charge >= 0.3 is 0 Å². The standard InChI is InChI=1S/C15H19Br2ClO/c1-4-5-19-15-11(6-12(9-18)10(2)3)7-13(16)8-14(15)17/h6-8,10H,4-5,9H2,1-3H3. The second-order valence-corrected chi connectivity index (χ2v) is 6.70. The van der Waals surface area contributed by atoms with Crippen molar-refractivity contribution in [3.05, 3.63) is 32.2 Å². The molecule has 1 aromatic carbocycles. The van der Waals surface area contributed by atoms with Gasteiger partial charge in [0.15, 0.2) is 0 Å². The Morgan fingerprint density at radius 1 is 1.37 bits per heavy atom. The maximum atomic E-state index is 6.02. The van der Waals surface area contributed by atoms with Crippen molar-refractivity contribution in [1.82, 2.24) is 0 Å². The van der Waals surface area contributed by atoms with Crippen LogP contribution >= 0.6 is 43.5 Å². The number of alkyl halides is 1. The number of benzene rings is 1. The Kier molecular flexibility index (Phi) is 7.48. The molecule has 4 heteroatoms. The van der Waals surface area contributed by atoms with Gasteiger partial charge in [-0.25, -0.2) is 0 Å². The molecule has 0 bridgehead atoms. The molecule has 1 aromatic rings. The lowest BCUT2D eigenvalue weighted by atomic mass is 10.0. The first-order valence-electron chi connectivity index (χ1n) is 6.37. The largest absolute Gasteiger partial charge is 0.492 e. The fourth-order valence-corrected chi connectivity index (χ4v) is 3.36. The number of hydrogen-bond donors (Lipinski definition) is 0. The van der Waals surface area contributed by atoms with Crippen LogP contribution in [0.2, 0.25) is 0 Å². The van der Waals surface area contributed by atoms with Crippen molar-refractivity contribution in [2.24, 2.45) is 5.92 Å². The van der Waals surface area contributed by atoms with E-state index in [1.165, 1.54) is 5.57 Å². The van der Waals surface area contributed by atoms with E-state index in [-0.39, 0.29) is 0 Å². The maximum Gasteiger partial charge on any atom is 0.140 e. The fourth-order valence-electron chi connectivity index (χ4n) is 1.60. The van der Waals surface area contributed by atoms with Gasteiger partial charge in [0, 0.05) is 15.9 Å². The van der Waals surface area contributed by atoms with Crippen LogP contribution in [-0.4, -0.2) is 12.5 Å². The molecule has 0 aliphatic heterocycles. The molecular weight excluding hydrogens is 391 g/mol. The molecule has 19 heavy (non-hydrogen) atoms. The number of allylic oxidation sites excluding steroid dienone is 1. The summed E-state index contributed by atoms with van der Waals surface area (Å²) in [6.45, 7) is 7.10. The van der Waals surface area contributed by atoms with Crippen molar-refractivity contribution in [3.63, 3.8) is 0 Å². The molecule has 106 valence electrons. The van der Waals surface area contributed by atoms with Crippen molar-refractivity contribution in [1.29, 1.82) is 0 Å². The smallest absolute Gasteiger partial charge is 0.140 e. The summed E-state index contributed by atoms with van der Waals surface area (Å²) in [7, 11) is 0. The highest BCUT2D eigenvalue weighted by atomic mass is 79.9. The van der Waals surface area contributed by atoms with Gasteiger partial charge in [-0.2, -0.15) is 0 Å². The van der Waals surface area contributed by atoms with E-state index in [1.54, 1.807) is 0 Å². The molecule has 0 aliphatic rings. The van der Waals surface area contributed by atoms with Crippen LogP contribution in [0, 0.1) is 5.92 Å². The Morgan fingerprint density at radius 2 is 2.05 bits per heavy atom. The van der Waals surface area contributed by atoms with E-state index in [1.807, 2.05) is 6.07 Å². The third kappa shape index (κ3) is 5.13. The highest BCUT2D eigenvalue weighted by Gasteiger charge is 2.10. The Bertz CT molecular complexity index is 456. The van der Waals surface area contributed by atoms with Gasteiger partial charge in [-0.05, 0) is 40.4 Å². The van der Waals surface area contributed by atoms with Gasteiger partial charge in [-0.3, -0.25) is 0 Å². The first-order chi connectivity index (χ1) is 8.99. The van der Waals surface area contributed by atoms with Crippen molar-refractivity contribution < 1.29 is 4.74 Å².